The van der Waals surface area contributed by atoms with Gasteiger partial charge in [-0.2, -0.15) is 0 Å². The standard InChI is InChI=1S/C21H24N2O3/c1-16-5-4-6-17(11-16)20(24)23-14-21(15-23)18(8-10-26-21)12-25-13-19-7-2-3-9-22-19/h2-7,9,11,18H,8,10,12-15H2,1H3. The van der Waals surface area contributed by atoms with Crippen LogP contribution in [-0.4, -0.2) is 47.7 Å². The Morgan fingerprint density at radius 1 is 1.31 bits per heavy atom. The summed E-state index contributed by atoms with van der Waals surface area (Å²) in [4.78, 5) is 18.8. The molecule has 1 aromatic carbocycles. The Labute approximate surface area is 153 Å². The minimum atomic E-state index is -0.233. The van der Waals surface area contributed by atoms with E-state index < -0.39 is 0 Å². The van der Waals surface area contributed by atoms with E-state index in [1.54, 1.807) is 6.20 Å². The summed E-state index contributed by atoms with van der Waals surface area (Å²) in [7, 11) is 0. The van der Waals surface area contributed by atoms with E-state index >= 15 is 0 Å². The Morgan fingerprint density at radius 3 is 2.96 bits per heavy atom. The van der Waals surface area contributed by atoms with Crippen LogP contribution in [0.2, 0.25) is 0 Å². The van der Waals surface area contributed by atoms with Crippen LogP contribution in [-0.2, 0) is 16.1 Å². The lowest BCUT2D eigenvalue weighted by Gasteiger charge is -2.50. The van der Waals surface area contributed by atoms with Crippen LogP contribution in [0.5, 0.6) is 0 Å². The Morgan fingerprint density at radius 2 is 2.19 bits per heavy atom. The number of hydrogen-bond acceptors (Lipinski definition) is 4. The molecule has 2 fully saturated rings. The molecule has 0 radical (unpaired) electrons. The lowest BCUT2D eigenvalue weighted by atomic mass is 9.81. The van der Waals surface area contributed by atoms with Crippen molar-refractivity contribution in [1.82, 2.24) is 9.88 Å². The predicted molar refractivity (Wildman–Crippen MR) is 97.8 cm³/mol. The highest BCUT2D eigenvalue weighted by Crippen LogP contribution is 2.40. The van der Waals surface area contributed by atoms with Gasteiger partial charge in [-0.3, -0.25) is 9.78 Å². The number of carbonyl (C=O) groups is 1. The van der Waals surface area contributed by atoms with Crippen molar-refractivity contribution in [2.45, 2.75) is 25.6 Å². The normalized spacial score (nSPS) is 21.0. The van der Waals surface area contributed by atoms with Gasteiger partial charge in [0.1, 0.15) is 5.60 Å². The van der Waals surface area contributed by atoms with E-state index in [1.165, 1.54) is 0 Å². The number of amides is 1. The monoisotopic (exact) mass is 352 g/mol. The second-order valence-electron chi connectivity index (χ2n) is 7.27. The zero-order chi connectivity index (χ0) is 18.0. The molecule has 136 valence electrons. The number of hydrogen-bond donors (Lipinski definition) is 0. The minimum Gasteiger partial charge on any atom is -0.375 e. The van der Waals surface area contributed by atoms with Gasteiger partial charge in [0.15, 0.2) is 0 Å². The van der Waals surface area contributed by atoms with Crippen molar-refractivity contribution in [1.29, 1.82) is 0 Å². The second-order valence-corrected chi connectivity index (χ2v) is 7.27. The molecule has 1 unspecified atom stereocenters. The summed E-state index contributed by atoms with van der Waals surface area (Å²) in [5, 5.41) is 0. The Bertz CT molecular complexity index is 772. The SMILES string of the molecule is Cc1cccc(C(=O)N2CC3(C2)OCCC3COCc2ccccn2)c1. The number of nitrogens with zero attached hydrogens (tertiary/aromatic N) is 2. The first-order valence-corrected chi connectivity index (χ1v) is 9.14. The van der Waals surface area contributed by atoms with Crippen molar-refractivity contribution >= 4 is 5.91 Å². The Kier molecular flexibility index (Phi) is 4.74. The number of rotatable bonds is 5. The molecule has 5 nitrogen and oxygen atoms in total. The molecule has 3 heterocycles. The van der Waals surface area contributed by atoms with Crippen molar-refractivity contribution in [3.05, 3.63) is 65.5 Å². The number of benzene rings is 1. The van der Waals surface area contributed by atoms with Gasteiger partial charge in [-0.1, -0.05) is 23.8 Å². The summed E-state index contributed by atoms with van der Waals surface area (Å²) in [6, 6.07) is 13.6. The van der Waals surface area contributed by atoms with Crippen LogP contribution in [0.4, 0.5) is 0 Å². The second kappa shape index (κ2) is 7.17. The van der Waals surface area contributed by atoms with E-state index in [-0.39, 0.29) is 11.5 Å². The van der Waals surface area contributed by atoms with Gasteiger partial charge in [-0.05, 0) is 37.6 Å². The molecule has 5 heteroatoms. The van der Waals surface area contributed by atoms with Crippen LogP contribution in [0.3, 0.4) is 0 Å². The number of likely N-dealkylation sites (tertiary alicyclic amines) is 1. The maximum Gasteiger partial charge on any atom is 0.254 e. The summed E-state index contributed by atoms with van der Waals surface area (Å²) in [5.74, 6) is 0.413. The van der Waals surface area contributed by atoms with E-state index in [0.717, 1.165) is 29.8 Å². The van der Waals surface area contributed by atoms with Crippen molar-refractivity contribution in [2.75, 3.05) is 26.3 Å². The smallest absolute Gasteiger partial charge is 0.254 e. The van der Waals surface area contributed by atoms with Crippen LogP contribution in [0.1, 0.15) is 28.0 Å². The highest BCUT2D eigenvalue weighted by molar-refractivity contribution is 5.95. The van der Waals surface area contributed by atoms with Crippen LogP contribution in [0, 0.1) is 12.8 Å². The van der Waals surface area contributed by atoms with Gasteiger partial charge in [0.2, 0.25) is 0 Å². The Hall–Kier alpha value is -2.24. The van der Waals surface area contributed by atoms with E-state index in [4.69, 9.17) is 9.47 Å². The molecule has 1 spiro atoms. The fourth-order valence-electron chi connectivity index (χ4n) is 3.86. The molecular weight excluding hydrogens is 328 g/mol. The molecular formula is C21H24N2O3. The molecule has 1 atom stereocenters. The van der Waals surface area contributed by atoms with Gasteiger partial charge < -0.3 is 14.4 Å². The van der Waals surface area contributed by atoms with Gasteiger partial charge in [0, 0.05) is 24.3 Å². The molecule has 0 saturated carbocycles. The molecule has 2 aliphatic heterocycles. The first kappa shape index (κ1) is 17.2. The molecule has 2 aliphatic rings. The van der Waals surface area contributed by atoms with E-state index in [2.05, 4.69) is 4.98 Å². The third kappa shape index (κ3) is 3.37. The minimum absolute atomic E-state index is 0.0861. The maximum absolute atomic E-state index is 12.7. The van der Waals surface area contributed by atoms with Crippen molar-refractivity contribution in [3.63, 3.8) is 0 Å². The quantitative estimate of drug-likeness (QED) is 0.830. The third-order valence-electron chi connectivity index (χ3n) is 5.36. The summed E-state index contributed by atoms with van der Waals surface area (Å²) in [6.45, 7) is 5.20. The van der Waals surface area contributed by atoms with Crippen LogP contribution >= 0.6 is 0 Å². The van der Waals surface area contributed by atoms with Crippen LogP contribution in [0.25, 0.3) is 0 Å². The van der Waals surface area contributed by atoms with Gasteiger partial charge >= 0.3 is 0 Å². The zero-order valence-electron chi connectivity index (χ0n) is 15.1. The van der Waals surface area contributed by atoms with E-state index in [0.29, 0.717) is 32.2 Å². The lowest BCUT2D eigenvalue weighted by Crippen LogP contribution is -2.66. The molecule has 0 bridgehead atoms. The molecule has 4 rings (SSSR count). The average Bonchev–Trinajstić information content (AvgIpc) is 3.05. The van der Waals surface area contributed by atoms with Crippen molar-refractivity contribution < 1.29 is 14.3 Å². The highest BCUT2D eigenvalue weighted by Gasteiger charge is 2.54. The molecule has 0 N–H and O–H groups in total. The van der Waals surface area contributed by atoms with Gasteiger partial charge in [0.25, 0.3) is 5.91 Å². The van der Waals surface area contributed by atoms with Gasteiger partial charge in [-0.15, -0.1) is 0 Å². The van der Waals surface area contributed by atoms with E-state index in [1.807, 2.05) is 54.3 Å². The summed E-state index contributed by atoms with van der Waals surface area (Å²) in [5.41, 5.74) is 2.55. The number of ether oxygens (including phenoxy) is 2. The summed E-state index contributed by atoms with van der Waals surface area (Å²) >= 11 is 0. The largest absolute Gasteiger partial charge is 0.375 e. The van der Waals surface area contributed by atoms with Gasteiger partial charge in [0.05, 0.1) is 32.0 Å². The molecule has 26 heavy (non-hydrogen) atoms. The molecule has 1 amide bonds. The van der Waals surface area contributed by atoms with Crippen LogP contribution in [0.15, 0.2) is 48.7 Å². The number of pyridine rings is 1. The summed E-state index contributed by atoms with van der Waals surface area (Å²) < 4.78 is 11.9. The van der Waals surface area contributed by atoms with Gasteiger partial charge in [-0.25, -0.2) is 0 Å². The average molecular weight is 352 g/mol. The zero-order valence-corrected chi connectivity index (χ0v) is 15.1. The first-order chi connectivity index (χ1) is 12.7. The molecule has 2 saturated heterocycles. The number of carbonyl (C=O) groups excluding carboxylic acids is 1. The lowest BCUT2D eigenvalue weighted by molar-refractivity contribution is -0.129. The fourth-order valence-corrected chi connectivity index (χ4v) is 3.86. The fraction of sp³-hybridized carbons (Fsp3) is 0.429. The first-order valence-electron chi connectivity index (χ1n) is 9.14. The van der Waals surface area contributed by atoms with Crippen LogP contribution < -0.4 is 0 Å². The topological polar surface area (TPSA) is 51.7 Å². The molecule has 1 aromatic heterocycles. The molecule has 0 aliphatic carbocycles. The highest BCUT2D eigenvalue weighted by atomic mass is 16.5. The predicted octanol–water partition coefficient (Wildman–Crippen LogP) is 2.84. The molecule has 2 aromatic rings. The number of aryl methyl sites for hydroxylation is 1. The maximum atomic E-state index is 12.7. The van der Waals surface area contributed by atoms with Crippen molar-refractivity contribution in [2.24, 2.45) is 5.92 Å². The summed E-state index contributed by atoms with van der Waals surface area (Å²) in [6.07, 6.45) is 2.76. The van der Waals surface area contributed by atoms with Crippen molar-refractivity contribution in [3.8, 4) is 0 Å². The van der Waals surface area contributed by atoms with E-state index in [9.17, 15) is 4.79 Å². The third-order valence-corrected chi connectivity index (χ3v) is 5.36. The Balaban J connectivity index is 1.32. The number of aromatic nitrogens is 1.